The maximum atomic E-state index is 12.6. The number of fused-ring (bicyclic) bond motifs is 1. The molecule has 156 valence electrons. The van der Waals surface area contributed by atoms with Crippen LogP contribution < -0.4 is 5.32 Å². The molecule has 0 aliphatic heterocycles. The number of oxazole rings is 1. The molecule has 1 aromatic carbocycles. The number of carbonyl (C=O) groups is 1. The molecule has 0 unspecified atom stereocenters. The molecule has 5 aromatic rings. The van der Waals surface area contributed by atoms with Crippen LogP contribution in [-0.4, -0.2) is 30.8 Å². The second kappa shape index (κ2) is 8.73. The van der Waals surface area contributed by atoms with Crippen LogP contribution in [0.3, 0.4) is 0 Å². The molecule has 0 fully saturated rings. The first-order chi connectivity index (χ1) is 15.7. The van der Waals surface area contributed by atoms with E-state index in [0.29, 0.717) is 40.9 Å². The smallest absolute Gasteiger partial charge is 0.226 e. The second-order valence-electron chi connectivity index (χ2n) is 7.04. The Hall–Kier alpha value is -4.46. The number of rotatable bonds is 6. The highest BCUT2D eigenvalue weighted by Gasteiger charge is 2.13. The Labute approximate surface area is 183 Å². The Bertz CT molecular complexity index is 1280. The molecule has 8 heteroatoms. The SMILES string of the molecule is O=C(CCc1nc2ccccc2o1)Nc1cc(-c2cccnc2)nc(-c2ccccn2)n1. The zero-order chi connectivity index (χ0) is 21.8. The molecule has 0 radical (unpaired) electrons. The van der Waals surface area contributed by atoms with Crippen LogP contribution in [0.5, 0.6) is 0 Å². The van der Waals surface area contributed by atoms with Crippen LogP contribution in [0.2, 0.25) is 0 Å². The van der Waals surface area contributed by atoms with E-state index in [1.165, 1.54) is 0 Å². The van der Waals surface area contributed by atoms with Gasteiger partial charge >= 0.3 is 0 Å². The predicted molar refractivity (Wildman–Crippen MR) is 119 cm³/mol. The number of carbonyl (C=O) groups excluding carboxylic acids is 1. The van der Waals surface area contributed by atoms with E-state index >= 15 is 0 Å². The molecule has 0 aliphatic carbocycles. The van der Waals surface area contributed by atoms with E-state index in [0.717, 1.165) is 11.1 Å². The van der Waals surface area contributed by atoms with E-state index in [9.17, 15) is 4.79 Å². The number of amides is 1. The minimum Gasteiger partial charge on any atom is -0.441 e. The van der Waals surface area contributed by atoms with Crippen LogP contribution in [0.25, 0.3) is 33.9 Å². The van der Waals surface area contributed by atoms with Gasteiger partial charge in [-0.25, -0.2) is 15.0 Å². The molecule has 0 saturated carbocycles. The maximum absolute atomic E-state index is 12.6. The highest BCUT2D eigenvalue weighted by molar-refractivity contribution is 5.90. The summed E-state index contributed by atoms with van der Waals surface area (Å²) in [4.78, 5) is 34.6. The van der Waals surface area contributed by atoms with Crippen LogP contribution in [-0.2, 0) is 11.2 Å². The summed E-state index contributed by atoms with van der Waals surface area (Å²) in [5.74, 6) is 1.13. The van der Waals surface area contributed by atoms with Crippen LogP contribution in [0.4, 0.5) is 5.82 Å². The van der Waals surface area contributed by atoms with E-state index < -0.39 is 0 Å². The Kier molecular flexibility index (Phi) is 5.32. The minimum atomic E-state index is -0.199. The van der Waals surface area contributed by atoms with Crippen molar-refractivity contribution in [3.05, 3.63) is 85.1 Å². The number of benzene rings is 1. The number of anilines is 1. The molecule has 8 nitrogen and oxygen atoms in total. The Morgan fingerprint density at radius 1 is 0.906 bits per heavy atom. The van der Waals surface area contributed by atoms with Gasteiger partial charge in [0.1, 0.15) is 17.0 Å². The van der Waals surface area contributed by atoms with E-state index in [1.807, 2.05) is 54.6 Å². The number of aryl methyl sites for hydroxylation is 1. The average Bonchev–Trinajstić information content (AvgIpc) is 3.27. The molecule has 4 heterocycles. The summed E-state index contributed by atoms with van der Waals surface area (Å²) in [5, 5.41) is 2.86. The number of hydrogen-bond acceptors (Lipinski definition) is 7. The first-order valence-electron chi connectivity index (χ1n) is 10.1. The average molecular weight is 422 g/mol. The summed E-state index contributed by atoms with van der Waals surface area (Å²) >= 11 is 0. The van der Waals surface area contributed by atoms with Gasteiger partial charge in [0.25, 0.3) is 0 Å². The predicted octanol–water partition coefficient (Wildman–Crippen LogP) is 4.31. The molecule has 0 atom stereocenters. The Morgan fingerprint density at radius 2 is 1.81 bits per heavy atom. The standard InChI is InChI=1S/C24H18N6O2/c31-22(10-11-23-27-17-7-1-2-9-20(17)32-23)29-21-14-19(16-6-5-12-25-15-16)28-24(30-21)18-8-3-4-13-26-18/h1-9,12-15H,10-11H2,(H,28,29,30,31). The van der Waals surface area contributed by atoms with E-state index in [1.54, 1.807) is 24.7 Å². The van der Waals surface area contributed by atoms with E-state index in [4.69, 9.17) is 4.42 Å². The van der Waals surface area contributed by atoms with Crippen molar-refractivity contribution in [2.24, 2.45) is 0 Å². The third-order valence-electron chi connectivity index (χ3n) is 4.75. The van der Waals surface area contributed by atoms with Crippen LogP contribution >= 0.6 is 0 Å². The van der Waals surface area contributed by atoms with Crippen molar-refractivity contribution in [1.29, 1.82) is 0 Å². The maximum Gasteiger partial charge on any atom is 0.226 e. The number of hydrogen-bond donors (Lipinski definition) is 1. The topological polar surface area (TPSA) is 107 Å². The quantitative estimate of drug-likeness (QED) is 0.434. The molecule has 32 heavy (non-hydrogen) atoms. The van der Waals surface area contributed by atoms with Gasteiger partial charge in [-0.2, -0.15) is 0 Å². The van der Waals surface area contributed by atoms with Crippen LogP contribution in [0, 0.1) is 0 Å². The third-order valence-corrected chi connectivity index (χ3v) is 4.75. The van der Waals surface area contributed by atoms with Crippen LogP contribution in [0.15, 0.2) is 83.7 Å². The number of nitrogens with one attached hydrogen (secondary N) is 1. The lowest BCUT2D eigenvalue weighted by Crippen LogP contribution is -2.14. The van der Waals surface area contributed by atoms with Gasteiger partial charge in [0, 0.05) is 43.1 Å². The summed E-state index contributed by atoms with van der Waals surface area (Å²) < 4.78 is 5.69. The summed E-state index contributed by atoms with van der Waals surface area (Å²) in [6.45, 7) is 0. The fourth-order valence-electron chi connectivity index (χ4n) is 3.24. The molecule has 1 N–H and O–H groups in total. The molecule has 0 aliphatic rings. The Morgan fingerprint density at radius 3 is 2.62 bits per heavy atom. The number of nitrogens with zero attached hydrogens (tertiary/aromatic N) is 5. The fraction of sp³-hybridized carbons (Fsp3) is 0.0833. The molecule has 4 aromatic heterocycles. The number of para-hydroxylation sites is 2. The van der Waals surface area contributed by atoms with Crippen molar-refractivity contribution in [1.82, 2.24) is 24.9 Å². The van der Waals surface area contributed by atoms with Crippen molar-refractivity contribution in [3.63, 3.8) is 0 Å². The molecular formula is C24H18N6O2. The molecular weight excluding hydrogens is 404 g/mol. The van der Waals surface area contributed by atoms with Gasteiger partial charge in [-0.1, -0.05) is 18.2 Å². The van der Waals surface area contributed by atoms with Gasteiger partial charge in [-0.3, -0.25) is 14.8 Å². The molecule has 0 saturated heterocycles. The van der Waals surface area contributed by atoms with Crippen molar-refractivity contribution in [2.75, 3.05) is 5.32 Å². The first kappa shape index (κ1) is 19.5. The Balaban J connectivity index is 1.37. The van der Waals surface area contributed by atoms with E-state index in [2.05, 4.69) is 30.2 Å². The van der Waals surface area contributed by atoms with E-state index in [-0.39, 0.29) is 12.3 Å². The van der Waals surface area contributed by atoms with Gasteiger partial charge in [0.15, 0.2) is 17.3 Å². The highest BCUT2D eigenvalue weighted by Crippen LogP contribution is 2.23. The summed E-state index contributed by atoms with van der Waals surface area (Å²) in [7, 11) is 0. The van der Waals surface area contributed by atoms with Crippen molar-refractivity contribution >= 4 is 22.8 Å². The zero-order valence-corrected chi connectivity index (χ0v) is 17.0. The second-order valence-corrected chi connectivity index (χ2v) is 7.04. The highest BCUT2D eigenvalue weighted by atomic mass is 16.3. The van der Waals surface area contributed by atoms with Gasteiger partial charge in [-0.05, 0) is 36.4 Å². The molecule has 1 amide bonds. The lowest BCUT2D eigenvalue weighted by atomic mass is 10.2. The molecule has 0 bridgehead atoms. The third kappa shape index (κ3) is 4.34. The minimum absolute atomic E-state index is 0.199. The summed E-state index contributed by atoms with van der Waals surface area (Å²) in [5.41, 5.74) is 3.55. The molecule has 0 spiro atoms. The number of aromatic nitrogens is 5. The largest absolute Gasteiger partial charge is 0.441 e. The summed E-state index contributed by atoms with van der Waals surface area (Å²) in [6, 6.07) is 18.5. The van der Waals surface area contributed by atoms with Gasteiger partial charge in [-0.15, -0.1) is 0 Å². The fourth-order valence-corrected chi connectivity index (χ4v) is 3.24. The first-order valence-corrected chi connectivity index (χ1v) is 10.1. The lowest BCUT2D eigenvalue weighted by molar-refractivity contribution is -0.116. The van der Waals surface area contributed by atoms with Crippen molar-refractivity contribution < 1.29 is 9.21 Å². The normalized spacial score (nSPS) is 10.9. The lowest BCUT2D eigenvalue weighted by Gasteiger charge is -2.09. The number of pyridine rings is 2. The summed E-state index contributed by atoms with van der Waals surface area (Å²) in [6.07, 6.45) is 5.67. The monoisotopic (exact) mass is 422 g/mol. The van der Waals surface area contributed by atoms with Crippen LogP contribution in [0.1, 0.15) is 12.3 Å². The van der Waals surface area contributed by atoms with Gasteiger partial charge in [0.2, 0.25) is 5.91 Å². The molecule has 5 rings (SSSR count). The van der Waals surface area contributed by atoms with Crippen molar-refractivity contribution in [2.45, 2.75) is 12.8 Å². The van der Waals surface area contributed by atoms with Crippen molar-refractivity contribution in [3.8, 4) is 22.8 Å². The van der Waals surface area contributed by atoms with Gasteiger partial charge < -0.3 is 9.73 Å². The zero-order valence-electron chi connectivity index (χ0n) is 17.0. The van der Waals surface area contributed by atoms with Gasteiger partial charge in [0.05, 0.1) is 5.69 Å².